The quantitative estimate of drug-likeness (QED) is 0.307. The maximum absolute atomic E-state index is 12.7. The van der Waals surface area contributed by atoms with Gasteiger partial charge in [0.1, 0.15) is 17.2 Å². The van der Waals surface area contributed by atoms with Gasteiger partial charge in [0.2, 0.25) is 5.91 Å². The van der Waals surface area contributed by atoms with Gasteiger partial charge in [-0.05, 0) is 55.5 Å². The van der Waals surface area contributed by atoms with Crippen LogP contribution in [0.25, 0.3) is 5.69 Å². The summed E-state index contributed by atoms with van der Waals surface area (Å²) in [5.74, 6) is 2.64. The SMILES string of the molecule is COc1ccc(OC(C)c2nnc(SCC(=O)Nc3ccccc3OC)n2-c2ccccc2)cc1. The van der Waals surface area contributed by atoms with Crippen LogP contribution in [-0.2, 0) is 4.79 Å². The fraction of sp³-hybridized carbons (Fsp3) is 0.192. The van der Waals surface area contributed by atoms with E-state index < -0.39 is 6.10 Å². The summed E-state index contributed by atoms with van der Waals surface area (Å²) in [6.45, 7) is 1.91. The van der Waals surface area contributed by atoms with Gasteiger partial charge in [-0.3, -0.25) is 9.36 Å². The minimum Gasteiger partial charge on any atom is -0.497 e. The normalized spacial score (nSPS) is 11.5. The fourth-order valence-corrected chi connectivity index (χ4v) is 4.19. The standard InChI is InChI=1S/C26H26N4O4S/c1-18(34-21-15-13-20(32-2)14-16-21)25-28-29-26(30(25)19-9-5-4-6-10-19)35-17-24(31)27-22-11-7-8-12-23(22)33-3/h4-16,18H,17H2,1-3H3,(H,27,31). The molecular weight excluding hydrogens is 464 g/mol. The van der Waals surface area contributed by atoms with Crippen LogP contribution in [0.5, 0.6) is 17.2 Å². The van der Waals surface area contributed by atoms with Gasteiger partial charge in [-0.1, -0.05) is 42.1 Å². The van der Waals surface area contributed by atoms with Crippen LogP contribution in [0.15, 0.2) is 84.0 Å². The number of carbonyl (C=O) groups excluding carboxylic acids is 1. The van der Waals surface area contributed by atoms with Crippen molar-refractivity contribution in [3.63, 3.8) is 0 Å². The van der Waals surface area contributed by atoms with Gasteiger partial charge in [-0.25, -0.2) is 0 Å². The molecule has 0 aliphatic carbocycles. The number of nitrogens with one attached hydrogen (secondary N) is 1. The first kappa shape index (κ1) is 24.2. The van der Waals surface area contributed by atoms with E-state index in [0.29, 0.717) is 28.2 Å². The number of para-hydroxylation sites is 3. The molecule has 35 heavy (non-hydrogen) atoms. The Labute approximate surface area is 208 Å². The number of ether oxygens (including phenoxy) is 3. The van der Waals surface area contributed by atoms with E-state index in [-0.39, 0.29) is 11.7 Å². The predicted molar refractivity (Wildman–Crippen MR) is 136 cm³/mol. The van der Waals surface area contributed by atoms with Gasteiger partial charge in [0, 0.05) is 5.69 Å². The van der Waals surface area contributed by atoms with E-state index in [4.69, 9.17) is 14.2 Å². The van der Waals surface area contributed by atoms with Gasteiger partial charge in [0.15, 0.2) is 17.1 Å². The first-order valence-corrected chi connectivity index (χ1v) is 11.9. The van der Waals surface area contributed by atoms with Crippen molar-refractivity contribution >= 4 is 23.4 Å². The monoisotopic (exact) mass is 490 g/mol. The molecule has 1 heterocycles. The lowest BCUT2D eigenvalue weighted by Crippen LogP contribution is -2.15. The number of hydrogen-bond acceptors (Lipinski definition) is 7. The van der Waals surface area contributed by atoms with Crippen molar-refractivity contribution in [1.82, 2.24) is 14.8 Å². The second-order valence-corrected chi connectivity index (χ2v) is 8.43. The number of benzene rings is 3. The van der Waals surface area contributed by atoms with Crippen LogP contribution in [-0.4, -0.2) is 40.6 Å². The molecule has 8 nitrogen and oxygen atoms in total. The van der Waals surface area contributed by atoms with Gasteiger partial charge in [0.25, 0.3) is 0 Å². The van der Waals surface area contributed by atoms with Crippen LogP contribution < -0.4 is 19.5 Å². The lowest BCUT2D eigenvalue weighted by Gasteiger charge is -2.17. The molecule has 1 unspecified atom stereocenters. The van der Waals surface area contributed by atoms with Gasteiger partial charge in [-0.2, -0.15) is 0 Å². The fourth-order valence-electron chi connectivity index (χ4n) is 3.43. The molecule has 9 heteroatoms. The second kappa shape index (κ2) is 11.4. The molecule has 1 atom stereocenters. The Bertz CT molecular complexity index is 1260. The minimum atomic E-state index is -0.396. The van der Waals surface area contributed by atoms with Crippen molar-refractivity contribution in [2.75, 3.05) is 25.3 Å². The van der Waals surface area contributed by atoms with Crippen LogP contribution in [0.2, 0.25) is 0 Å². The molecule has 0 spiro atoms. The number of thioether (sulfide) groups is 1. The van der Waals surface area contributed by atoms with Crippen molar-refractivity contribution in [1.29, 1.82) is 0 Å². The summed E-state index contributed by atoms with van der Waals surface area (Å²) in [6, 6.07) is 24.4. The van der Waals surface area contributed by atoms with E-state index in [2.05, 4.69) is 15.5 Å². The Hall–Kier alpha value is -3.98. The van der Waals surface area contributed by atoms with Crippen LogP contribution >= 0.6 is 11.8 Å². The van der Waals surface area contributed by atoms with Crippen LogP contribution in [0, 0.1) is 0 Å². The molecule has 1 aromatic heterocycles. The summed E-state index contributed by atoms with van der Waals surface area (Å²) >= 11 is 1.30. The third-order valence-electron chi connectivity index (χ3n) is 5.12. The van der Waals surface area contributed by atoms with Gasteiger partial charge < -0.3 is 19.5 Å². The Morgan fingerprint density at radius 3 is 2.31 bits per heavy atom. The molecule has 1 N–H and O–H groups in total. The summed E-state index contributed by atoms with van der Waals surface area (Å²) in [5.41, 5.74) is 1.50. The Morgan fingerprint density at radius 2 is 1.60 bits per heavy atom. The summed E-state index contributed by atoms with van der Waals surface area (Å²) in [7, 11) is 3.19. The van der Waals surface area contributed by atoms with Crippen LogP contribution in [0.4, 0.5) is 5.69 Å². The second-order valence-electron chi connectivity index (χ2n) is 7.48. The number of aromatic nitrogens is 3. The summed E-state index contributed by atoms with van der Waals surface area (Å²) in [6.07, 6.45) is -0.396. The molecule has 0 radical (unpaired) electrons. The number of hydrogen-bond donors (Lipinski definition) is 1. The lowest BCUT2D eigenvalue weighted by molar-refractivity contribution is -0.113. The average molecular weight is 491 g/mol. The summed E-state index contributed by atoms with van der Waals surface area (Å²) in [4.78, 5) is 12.7. The Balaban J connectivity index is 1.53. The molecular formula is C26H26N4O4S. The highest BCUT2D eigenvalue weighted by atomic mass is 32.2. The van der Waals surface area contributed by atoms with Crippen molar-refractivity contribution in [2.24, 2.45) is 0 Å². The average Bonchev–Trinajstić information content (AvgIpc) is 3.33. The molecule has 0 fully saturated rings. The van der Waals surface area contributed by atoms with Crippen molar-refractivity contribution in [2.45, 2.75) is 18.2 Å². The molecule has 1 amide bonds. The van der Waals surface area contributed by atoms with Crippen LogP contribution in [0.1, 0.15) is 18.9 Å². The molecule has 0 saturated heterocycles. The maximum Gasteiger partial charge on any atom is 0.234 e. The highest BCUT2D eigenvalue weighted by Gasteiger charge is 2.22. The van der Waals surface area contributed by atoms with E-state index >= 15 is 0 Å². The van der Waals surface area contributed by atoms with E-state index in [1.54, 1.807) is 26.4 Å². The van der Waals surface area contributed by atoms with Crippen molar-refractivity contribution in [3.05, 3.63) is 84.7 Å². The predicted octanol–water partition coefficient (Wildman–Crippen LogP) is 5.16. The minimum absolute atomic E-state index is 0.150. The van der Waals surface area contributed by atoms with Gasteiger partial charge in [-0.15, -0.1) is 10.2 Å². The topological polar surface area (TPSA) is 87.5 Å². The first-order chi connectivity index (χ1) is 17.1. The highest BCUT2D eigenvalue weighted by Crippen LogP contribution is 2.29. The van der Waals surface area contributed by atoms with E-state index in [0.717, 1.165) is 11.4 Å². The number of nitrogens with zero attached hydrogens (tertiary/aromatic N) is 3. The van der Waals surface area contributed by atoms with Gasteiger partial charge in [0.05, 0.1) is 25.7 Å². The molecule has 0 aliphatic rings. The number of amides is 1. The van der Waals surface area contributed by atoms with E-state index in [9.17, 15) is 4.79 Å². The van der Waals surface area contributed by atoms with Crippen molar-refractivity contribution < 1.29 is 19.0 Å². The molecule has 180 valence electrons. The Kier molecular flexibility index (Phi) is 7.89. The zero-order chi connectivity index (χ0) is 24.6. The smallest absolute Gasteiger partial charge is 0.234 e. The number of anilines is 1. The number of methoxy groups -OCH3 is 2. The molecule has 0 bridgehead atoms. The molecule has 0 aliphatic heterocycles. The first-order valence-electron chi connectivity index (χ1n) is 11.0. The number of rotatable bonds is 10. The number of carbonyl (C=O) groups is 1. The van der Waals surface area contributed by atoms with Crippen molar-refractivity contribution in [3.8, 4) is 22.9 Å². The van der Waals surface area contributed by atoms with Gasteiger partial charge >= 0.3 is 0 Å². The molecule has 4 aromatic rings. The zero-order valence-electron chi connectivity index (χ0n) is 19.7. The third-order valence-corrected chi connectivity index (χ3v) is 6.05. The Morgan fingerprint density at radius 1 is 0.914 bits per heavy atom. The van der Waals surface area contributed by atoms with E-state index in [1.807, 2.05) is 78.2 Å². The highest BCUT2D eigenvalue weighted by molar-refractivity contribution is 7.99. The lowest BCUT2D eigenvalue weighted by atomic mass is 10.3. The van der Waals surface area contributed by atoms with E-state index in [1.165, 1.54) is 11.8 Å². The maximum atomic E-state index is 12.7. The summed E-state index contributed by atoms with van der Waals surface area (Å²) in [5, 5.41) is 12.2. The molecule has 0 saturated carbocycles. The molecule has 3 aromatic carbocycles. The van der Waals surface area contributed by atoms with Crippen LogP contribution in [0.3, 0.4) is 0 Å². The summed E-state index contributed by atoms with van der Waals surface area (Å²) < 4.78 is 18.6. The largest absolute Gasteiger partial charge is 0.497 e. The molecule has 4 rings (SSSR count). The zero-order valence-corrected chi connectivity index (χ0v) is 20.5. The third kappa shape index (κ3) is 5.93.